The predicted molar refractivity (Wildman–Crippen MR) is 95.5 cm³/mol. The number of thioether (sulfide) groups is 1. The van der Waals surface area contributed by atoms with Crippen LogP contribution in [0.3, 0.4) is 0 Å². The minimum Gasteiger partial charge on any atom is -0.313 e. The van der Waals surface area contributed by atoms with Gasteiger partial charge in [-0.2, -0.15) is 4.99 Å². The van der Waals surface area contributed by atoms with E-state index >= 15 is 0 Å². The van der Waals surface area contributed by atoms with Crippen molar-refractivity contribution in [1.82, 2.24) is 0 Å². The molecule has 2 heterocycles. The second-order valence-corrected chi connectivity index (χ2v) is 9.56. The van der Waals surface area contributed by atoms with Crippen molar-refractivity contribution in [2.45, 2.75) is 24.6 Å². The Morgan fingerprint density at radius 3 is 2.61 bits per heavy atom. The highest BCUT2D eigenvalue weighted by atomic mass is 35.5. The molecule has 0 radical (unpaired) electrons. The number of carbonyl (C=O) groups is 1. The van der Waals surface area contributed by atoms with E-state index in [9.17, 15) is 13.2 Å². The second-order valence-electron chi connectivity index (χ2n) is 5.38. The number of amides is 1. The van der Waals surface area contributed by atoms with Crippen LogP contribution in [0.2, 0.25) is 10.0 Å². The molecule has 2 saturated heterocycles. The molecule has 3 rings (SSSR count). The first-order chi connectivity index (χ1) is 10.8. The summed E-state index contributed by atoms with van der Waals surface area (Å²) in [5, 5.41) is 1.10. The van der Waals surface area contributed by atoms with E-state index in [4.69, 9.17) is 23.2 Å². The van der Waals surface area contributed by atoms with Gasteiger partial charge in [-0.05, 0) is 12.1 Å². The third-order valence-corrected chi connectivity index (χ3v) is 7.59. The number of sulfone groups is 1. The van der Waals surface area contributed by atoms with Gasteiger partial charge in [-0.1, -0.05) is 48.0 Å². The summed E-state index contributed by atoms with van der Waals surface area (Å²) in [6.07, 6.45) is 0.280. The maximum atomic E-state index is 12.0. The molecule has 0 aromatic heterocycles. The number of carbonyl (C=O) groups excluding carboxylic acids is 1. The zero-order valence-corrected chi connectivity index (χ0v) is 15.3. The van der Waals surface area contributed by atoms with Crippen LogP contribution < -0.4 is 4.90 Å². The number of halogens is 2. The fourth-order valence-corrected chi connectivity index (χ4v) is 7.23. The summed E-state index contributed by atoms with van der Waals surface area (Å²) < 4.78 is 23.9. The van der Waals surface area contributed by atoms with E-state index in [1.54, 1.807) is 30.0 Å². The van der Waals surface area contributed by atoms with E-state index < -0.39 is 9.84 Å². The van der Waals surface area contributed by atoms with E-state index in [2.05, 4.69) is 4.99 Å². The Morgan fingerprint density at radius 1 is 1.35 bits per heavy atom. The lowest BCUT2D eigenvalue weighted by Gasteiger charge is -2.26. The summed E-state index contributed by atoms with van der Waals surface area (Å²) in [6.45, 7) is 1.73. The van der Waals surface area contributed by atoms with Crippen LogP contribution in [0.1, 0.15) is 13.3 Å². The van der Waals surface area contributed by atoms with Crippen LogP contribution in [0.25, 0.3) is 0 Å². The average molecular weight is 393 g/mol. The van der Waals surface area contributed by atoms with E-state index in [1.807, 2.05) is 0 Å². The first kappa shape index (κ1) is 17.1. The Kier molecular flexibility index (Phi) is 4.66. The third kappa shape index (κ3) is 3.24. The molecule has 0 spiro atoms. The second kappa shape index (κ2) is 6.27. The molecule has 2 aliphatic rings. The van der Waals surface area contributed by atoms with Crippen molar-refractivity contribution in [3.05, 3.63) is 28.2 Å². The molecular weight excluding hydrogens is 379 g/mol. The Bertz CT molecular complexity index is 775. The lowest BCUT2D eigenvalue weighted by Crippen LogP contribution is -2.38. The van der Waals surface area contributed by atoms with Crippen molar-refractivity contribution in [1.29, 1.82) is 0 Å². The van der Waals surface area contributed by atoms with Crippen molar-refractivity contribution >= 4 is 61.6 Å². The van der Waals surface area contributed by atoms with Crippen molar-refractivity contribution in [3.63, 3.8) is 0 Å². The molecule has 124 valence electrons. The molecule has 2 atom stereocenters. The van der Waals surface area contributed by atoms with Crippen LogP contribution in [0.5, 0.6) is 0 Å². The highest BCUT2D eigenvalue weighted by Gasteiger charge is 2.50. The van der Waals surface area contributed by atoms with Gasteiger partial charge in [0.05, 0.1) is 33.3 Å². The average Bonchev–Trinajstić information content (AvgIpc) is 2.91. The van der Waals surface area contributed by atoms with Crippen LogP contribution >= 0.6 is 35.0 Å². The van der Waals surface area contributed by atoms with Gasteiger partial charge in [0.2, 0.25) is 5.91 Å². The number of nitrogens with zero attached hydrogens (tertiary/aromatic N) is 2. The Balaban J connectivity index is 2.11. The molecule has 2 aliphatic heterocycles. The Labute approximate surface area is 149 Å². The summed E-state index contributed by atoms with van der Waals surface area (Å²) in [7, 11) is -3.12. The van der Waals surface area contributed by atoms with E-state index in [-0.39, 0.29) is 35.1 Å². The number of hydrogen-bond acceptors (Lipinski definition) is 4. The number of rotatable bonds is 2. The molecule has 23 heavy (non-hydrogen) atoms. The molecule has 1 aromatic rings. The fraction of sp³-hybridized carbons (Fsp3) is 0.429. The van der Waals surface area contributed by atoms with E-state index in [0.29, 0.717) is 20.9 Å². The first-order valence-electron chi connectivity index (χ1n) is 7.04. The molecule has 1 aromatic carbocycles. The van der Waals surface area contributed by atoms with Crippen LogP contribution in [0.15, 0.2) is 23.2 Å². The maximum Gasteiger partial charge on any atom is 0.247 e. The molecule has 1 amide bonds. The zero-order chi connectivity index (χ0) is 16.8. The molecule has 0 unspecified atom stereocenters. The van der Waals surface area contributed by atoms with Gasteiger partial charge in [0.1, 0.15) is 0 Å². The standard InChI is InChI=1S/C14H14Cl2N2O3S2/c1-2-12(19)17-14-18(13-8(15)4-3-5-9(13)16)10-6-23(20,21)7-11(10)22-14/h3-5,10-11H,2,6-7H2,1H3/t10-,11+/m0/s1. The largest absolute Gasteiger partial charge is 0.313 e. The van der Waals surface area contributed by atoms with Gasteiger partial charge in [0.15, 0.2) is 15.0 Å². The first-order valence-corrected chi connectivity index (χ1v) is 10.5. The van der Waals surface area contributed by atoms with Crippen molar-refractivity contribution in [3.8, 4) is 0 Å². The fourth-order valence-electron chi connectivity index (χ4n) is 2.73. The summed E-state index contributed by atoms with van der Waals surface area (Å²) in [6, 6.07) is 4.77. The third-order valence-electron chi connectivity index (χ3n) is 3.77. The minimum absolute atomic E-state index is 0.00551. The molecule has 0 aliphatic carbocycles. The molecular formula is C14H14Cl2N2O3S2. The smallest absolute Gasteiger partial charge is 0.247 e. The number of benzene rings is 1. The highest BCUT2D eigenvalue weighted by molar-refractivity contribution is 8.16. The van der Waals surface area contributed by atoms with Gasteiger partial charge in [-0.25, -0.2) is 8.42 Å². The zero-order valence-electron chi connectivity index (χ0n) is 12.2. The van der Waals surface area contributed by atoms with Gasteiger partial charge in [0.25, 0.3) is 0 Å². The number of hydrogen-bond donors (Lipinski definition) is 0. The van der Waals surface area contributed by atoms with Crippen LogP contribution in [0.4, 0.5) is 5.69 Å². The number of para-hydroxylation sites is 1. The normalized spacial score (nSPS) is 27.4. The topological polar surface area (TPSA) is 66.8 Å². The van der Waals surface area contributed by atoms with Gasteiger partial charge < -0.3 is 4.90 Å². The molecule has 0 bridgehead atoms. The van der Waals surface area contributed by atoms with E-state index in [1.165, 1.54) is 11.8 Å². The number of anilines is 1. The van der Waals surface area contributed by atoms with Gasteiger partial charge in [-0.15, -0.1) is 0 Å². The predicted octanol–water partition coefficient (Wildman–Crippen LogP) is 3.00. The minimum atomic E-state index is -3.12. The SMILES string of the molecule is CCC(=O)N=C1S[C@@H]2CS(=O)(=O)C[C@@H]2N1c1c(Cl)cccc1Cl. The summed E-state index contributed by atoms with van der Waals surface area (Å²) in [5.41, 5.74) is 0.510. The molecule has 2 fully saturated rings. The summed E-state index contributed by atoms with van der Waals surface area (Å²) >= 11 is 13.9. The molecule has 9 heteroatoms. The van der Waals surface area contributed by atoms with Gasteiger partial charge in [0, 0.05) is 11.7 Å². The number of fused-ring (bicyclic) bond motifs is 1. The number of amidine groups is 1. The summed E-state index contributed by atoms with van der Waals surface area (Å²) in [4.78, 5) is 17.6. The maximum absolute atomic E-state index is 12.0. The molecule has 0 N–H and O–H groups in total. The Morgan fingerprint density at radius 2 is 2.00 bits per heavy atom. The quantitative estimate of drug-likeness (QED) is 0.773. The van der Waals surface area contributed by atoms with Gasteiger partial charge >= 0.3 is 0 Å². The van der Waals surface area contributed by atoms with Gasteiger partial charge in [-0.3, -0.25) is 4.79 Å². The van der Waals surface area contributed by atoms with Crippen LogP contribution in [0, 0.1) is 0 Å². The molecule has 5 nitrogen and oxygen atoms in total. The van der Waals surface area contributed by atoms with Crippen LogP contribution in [-0.2, 0) is 14.6 Å². The van der Waals surface area contributed by atoms with Crippen molar-refractivity contribution in [2.75, 3.05) is 16.4 Å². The Hall–Kier alpha value is -0.760. The monoisotopic (exact) mass is 392 g/mol. The van der Waals surface area contributed by atoms with E-state index in [0.717, 1.165) is 0 Å². The number of aliphatic imine (C=N–C) groups is 1. The van der Waals surface area contributed by atoms with Crippen LogP contribution in [-0.4, -0.2) is 42.3 Å². The lowest BCUT2D eigenvalue weighted by atomic mass is 10.2. The van der Waals surface area contributed by atoms with Crippen molar-refractivity contribution < 1.29 is 13.2 Å². The molecule has 0 saturated carbocycles. The highest BCUT2D eigenvalue weighted by Crippen LogP contribution is 2.45. The summed E-state index contributed by atoms with van der Waals surface area (Å²) in [5.74, 6) is -0.185. The van der Waals surface area contributed by atoms with Crippen molar-refractivity contribution in [2.24, 2.45) is 4.99 Å². The lowest BCUT2D eigenvalue weighted by molar-refractivity contribution is -0.117.